The van der Waals surface area contributed by atoms with Crippen LogP contribution in [0, 0.1) is 6.92 Å². The first-order valence-corrected chi connectivity index (χ1v) is 13.7. The summed E-state index contributed by atoms with van der Waals surface area (Å²) < 4.78 is 31.3. The lowest BCUT2D eigenvalue weighted by Gasteiger charge is -2.28. The number of nitrogens with zero attached hydrogens (tertiary/aromatic N) is 1. The summed E-state index contributed by atoms with van der Waals surface area (Å²) in [6, 6.07) is 19.5. The smallest absolute Gasteiger partial charge is 0.248 e. The van der Waals surface area contributed by atoms with Crippen LogP contribution in [0.15, 0.2) is 71.6 Å². The first-order chi connectivity index (χ1) is 16.1. The summed E-state index contributed by atoms with van der Waals surface area (Å²) in [7, 11) is -2.30. The molecular weight excluding hydrogens is 492 g/mol. The fourth-order valence-corrected chi connectivity index (χ4v) is 5.76. The molecule has 3 aromatic carbocycles. The van der Waals surface area contributed by atoms with Crippen LogP contribution in [0.5, 0.6) is 5.75 Å². The van der Waals surface area contributed by atoms with Gasteiger partial charge < -0.3 is 10.1 Å². The summed E-state index contributed by atoms with van der Waals surface area (Å²) in [5.41, 5.74) is 2.93. The van der Waals surface area contributed by atoms with E-state index in [2.05, 4.69) is 17.4 Å². The molecule has 0 saturated heterocycles. The third-order valence-electron chi connectivity index (χ3n) is 5.18. The molecule has 0 aromatic heterocycles. The van der Waals surface area contributed by atoms with Crippen molar-refractivity contribution in [1.29, 1.82) is 0 Å². The van der Waals surface area contributed by atoms with E-state index in [4.69, 9.17) is 16.3 Å². The quantitative estimate of drug-likeness (QED) is 0.365. The van der Waals surface area contributed by atoms with Gasteiger partial charge in [0.2, 0.25) is 15.9 Å². The van der Waals surface area contributed by atoms with E-state index >= 15 is 0 Å². The molecule has 0 unspecified atom stereocenters. The van der Waals surface area contributed by atoms with E-state index in [-0.39, 0.29) is 10.7 Å². The summed E-state index contributed by atoms with van der Waals surface area (Å²) in [5.74, 6) is 0.763. The maximum atomic E-state index is 13.1. The average molecular weight is 519 g/mol. The highest BCUT2D eigenvalue weighted by Gasteiger charge is 2.30. The van der Waals surface area contributed by atoms with Crippen molar-refractivity contribution in [1.82, 2.24) is 0 Å². The number of aryl methyl sites for hydroxylation is 1. The van der Waals surface area contributed by atoms with Crippen molar-refractivity contribution < 1.29 is 17.9 Å². The number of halogens is 1. The first kappa shape index (κ1) is 25.9. The van der Waals surface area contributed by atoms with E-state index in [9.17, 15) is 13.2 Å². The Hall–Kier alpha value is -2.68. The van der Waals surface area contributed by atoms with Crippen LogP contribution >= 0.6 is 23.4 Å². The summed E-state index contributed by atoms with van der Waals surface area (Å²) in [6.07, 6.45) is 1.05. The fourth-order valence-electron chi connectivity index (χ4n) is 3.48. The Balaban J connectivity index is 1.75. The minimum atomic E-state index is -3.77. The van der Waals surface area contributed by atoms with Crippen molar-refractivity contribution in [2.75, 3.05) is 23.0 Å². The topological polar surface area (TPSA) is 75.7 Å². The van der Waals surface area contributed by atoms with Crippen molar-refractivity contribution >= 4 is 50.7 Å². The van der Waals surface area contributed by atoms with Gasteiger partial charge in [0, 0.05) is 16.3 Å². The van der Waals surface area contributed by atoms with Gasteiger partial charge in [-0.15, -0.1) is 11.8 Å². The Morgan fingerprint density at radius 3 is 2.41 bits per heavy atom. The molecule has 0 aliphatic carbocycles. The Labute approximate surface area is 210 Å². The molecule has 0 radical (unpaired) electrons. The van der Waals surface area contributed by atoms with E-state index in [1.165, 1.54) is 25.0 Å². The molecular formula is C25H27ClN2O4S2. The molecule has 0 bridgehead atoms. The molecule has 0 aliphatic rings. The van der Waals surface area contributed by atoms with Gasteiger partial charge in [-0.25, -0.2) is 8.42 Å². The second kappa shape index (κ2) is 11.2. The van der Waals surface area contributed by atoms with Crippen LogP contribution in [0.25, 0.3) is 0 Å². The SMILES string of the molecule is COc1ccc(N([C@H](C)C(=O)Nc2ccc(CSc3ccccc3)cc2C)S(C)(=O)=O)cc1Cl. The summed E-state index contributed by atoms with van der Waals surface area (Å²) in [5, 5.41) is 3.11. The molecule has 1 atom stereocenters. The van der Waals surface area contributed by atoms with E-state index in [0.29, 0.717) is 11.4 Å². The van der Waals surface area contributed by atoms with Gasteiger partial charge in [-0.3, -0.25) is 9.10 Å². The predicted octanol–water partition coefficient (Wildman–Crippen LogP) is 5.74. The van der Waals surface area contributed by atoms with Crippen LogP contribution in [0.2, 0.25) is 5.02 Å². The van der Waals surface area contributed by atoms with Gasteiger partial charge in [0.15, 0.2) is 0 Å². The van der Waals surface area contributed by atoms with Gasteiger partial charge in [-0.05, 0) is 61.4 Å². The maximum absolute atomic E-state index is 13.1. The Morgan fingerprint density at radius 2 is 1.82 bits per heavy atom. The largest absolute Gasteiger partial charge is 0.495 e. The lowest BCUT2D eigenvalue weighted by atomic mass is 10.1. The van der Waals surface area contributed by atoms with E-state index in [0.717, 1.165) is 27.4 Å². The number of ether oxygens (including phenoxy) is 1. The average Bonchev–Trinajstić information content (AvgIpc) is 2.79. The van der Waals surface area contributed by atoms with Crippen LogP contribution < -0.4 is 14.4 Å². The Kier molecular flexibility index (Phi) is 8.52. The van der Waals surface area contributed by atoms with Crippen LogP contribution in [0.3, 0.4) is 0 Å². The normalized spacial score (nSPS) is 12.1. The number of carbonyl (C=O) groups excluding carboxylic acids is 1. The number of carbonyl (C=O) groups is 1. The number of thioether (sulfide) groups is 1. The van der Waals surface area contributed by atoms with Gasteiger partial charge in [-0.2, -0.15) is 0 Å². The maximum Gasteiger partial charge on any atom is 0.248 e. The molecule has 0 aliphatic heterocycles. The molecule has 0 saturated carbocycles. The zero-order chi connectivity index (χ0) is 24.9. The molecule has 180 valence electrons. The second-order valence-corrected chi connectivity index (χ2v) is 11.1. The molecule has 0 spiro atoms. The van der Waals surface area contributed by atoms with E-state index < -0.39 is 22.0 Å². The molecule has 9 heteroatoms. The van der Waals surface area contributed by atoms with Gasteiger partial charge in [0.1, 0.15) is 11.8 Å². The Morgan fingerprint density at radius 1 is 1.12 bits per heavy atom. The monoisotopic (exact) mass is 518 g/mol. The van der Waals surface area contributed by atoms with E-state index in [1.807, 2.05) is 43.3 Å². The van der Waals surface area contributed by atoms with E-state index in [1.54, 1.807) is 23.9 Å². The lowest BCUT2D eigenvalue weighted by Crippen LogP contribution is -2.45. The third-order valence-corrected chi connectivity index (χ3v) is 7.80. The fraction of sp³-hybridized carbons (Fsp3) is 0.240. The summed E-state index contributed by atoms with van der Waals surface area (Å²) in [4.78, 5) is 14.2. The van der Waals surface area contributed by atoms with Crippen molar-refractivity contribution in [3.05, 3.63) is 82.9 Å². The van der Waals surface area contributed by atoms with Crippen molar-refractivity contribution in [3.8, 4) is 5.75 Å². The molecule has 34 heavy (non-hydrogen) atoms. The number of methoxy groups -OCH3 is 1. The molecule has 6 nitrogen and oxygen atoms in total. The standard InChI is InChI=1S/C25H27ClN2O4S2/c1-17-14-19(16-33-21-8-6-5-7-9-21)10-12-23(17)27-25(29)18(2)28(34(4,30)31)20-11-13-24(32-3)22(26)15-20/h5-15,18H,16H2,1-4H3,(H,27,29)/t18-/m1/s1. The number of amides is 1. The van der Waals surface area contributed by atoms with Gasteiger partial charge >= 0.3 is 0 Å². The summed E-state index contributed by atoms with van der Waals surface area (Å²) in [6.45, 7) is 3.45. The highest BCUT2D eigenvalue weighted by molar-refractivity contribution is 7.98. The highest BCUT2D eigenvalue weighted by Crippen LogP contribution is 2.32. The summed E-state index contributed by atoms with van der Waals surface area (Å²) >= 11 is 7.92. The third kappa shape index (κ3) is 6.46. The van der Waals surface area contributed by atoms with Crippen molar-refractivity contribution in [2.45, 2.75) is 30.5 Å². The number of hydrogen-bond acceptors (Lipinski definition) is 5. The zero-order valence-electron chi connectivity index (χ0n) is 19.4. The van der Waals surface area contributed by atoms with Crippen LogP contribution in [0.1, 0.15) is 18.1 Å². The van der Waals surface area contributed by atoms with Crippen LogP contribution in [0.4, 0.5) is 11.4 Å². The molecule has 3 rings (SSSR count). The molecule has 1 amide bonds. The Bertz CT molecular complexity index is 1270. The number of anilines is 2. The highest BCUT2D eigenvalue weighted by atomic mass is 35.5. The van der Waals surface area contributed by atoms with Gasteiger partial charge in [0.25, 0.3) is 0 Å². The molecule has 3 aromatic rings. The zero-order valence-corrected chi connectivity index (χ0v) is 21.8. The number of rotatable bonds is 9. The van der Waals surface area contributed by atoms with Crippen LogP contribution in [-0.2, 0) is 20.6 Å². The molecule has 0 fully saturated rings. The minimum absolute atomic E-state index is 0.251. The van der Waals surface area contributed by atoms with Crippen LogP contribution in [-0.4, -0.2) is 33.7 Å². The number of benzene rings is 3. The number of nitrogens with one attached hydrogen (secondary N) is 1. The first-order valence-electron chi connectivity index (χ1n) is 10.5. The minimum Gasteiger partial charge on any atom is -0.495 e. The van der Waals surface area contributed by atoms with Gasteiger partial charge in [-0.1, -0.05) is 41.9 Å². The molecule has 0 heterocycles. The van der Waals surface area contributed by atoms with Crippen molar-refractivity contribution in [3.63, 3.8) is 0 Å². The van der Waals surface area contributed by atoms with Gasteiger partial charge in [0.05, 0.1) is 24.1 Å². The van der Waals surface area contributed by atoms with Crippen molar-refractivity contribution in [2.24, 2.45) is 0 Å². The predicted molar refractivity (Wildman–Crippen MR) is 141 cm³/mol. The number of sulfonamides is 1. The molecule has 1 N–H and O–H groups in total. The second-order valence-electron chi connectivity index (χ2n) is 7.79. The lowest BCUT2D eigenvalue weighted by molar-refractivity contribution is -0.116. The number of hydrogen-bond donors (Lipinski definition) is 1.